The first-order chi connectivity index (χ1) is 28.2. The molecule has 5 nitrogen and oxygen atoms in total. The number of furan rings is 2. The second-order valence-corrected chi connectivity index (χ2v) is 14.6. The highest BCUT2D eigenvalue weighted by molar-refractivity contribution is 6.10. The number of hydrogen-bond donors (Lipinski definition) is 0. The molecule has 0 aliphatic rings. The quantitative estimate of drug-likeness (QED) is 0.177. The van der Waals surface area contributed by atoms with E-state index in [9.17, 15) is 0 Å². The monoisotopic (exact) mass is 729 g/mol. The van der Waals surface area contributed by atoms with Gasteiger partial charge >= 0.3 is 0 Å². The van der Waals surface area contributed by atoms with Crippen LogP contribution in [0.15, 0.2) is 197 Å². The molecule has 0 bridgehead atoms. The molecule has 266 valence electrons. The van der Waals surface area contributed by atoms with E-state index in [2.05, 4.69) is 144 Å². The van der Waals surface area contributed by atoms with Crippen molar-refractivity contribution in [2.24, 2.45) is 0 Å². The van der Waals surface area contributed by atoms with Crippen molar-refractivity contribution in [3.8, 4) is 50.7 Å². The molecule has 0 radical (unpaired) electrons. The molecule has 0 atom stereocenters. The Labute approximate surface area is 326 Å². The number of fused-ring (bicyclic) bond motifs is 9. The average Bonchev–Trinajstić information content (AvgIpc) is 3.95. The van der Waals surface area contributed by atoms with Crippen molar-refractivity contribution in [3.63, 3.8) is 0 Å². The molecule has 0 saturated carbocycles. The summed E-state index contributed by atoms with van der Waals surface area (Å²) < 4.78 is 15.0. The van der Waals surface area contributed by atoms with Crippen LogP contribution in [0.4, 0.5) is 0 Å². The first-order valence-corrected chi connectivity index (χ1v) is 19.1. The molecule has 12 rings (SSSR count). The highest BCUT2D eigenvalue weighted by atomic mass is 16.3. The van der Waals surface area contributed by atoms with Gasteiger partial charge in [-0.3, -0.25) is 0 Å². The summed E-state index contributed by atoms with van der Waals surface area (Å²) in [6.45, 7) is 0. The fourth-order valence-corrected chi connectivity index (χ4v) is 8.51. The number of rotatable bonds is 5. The molecule has 4 aromatic heterocycles. The Morgan fingerprint density at radius 3 is 1.60 bits per heavy atom. The molecule has 0 fully saturated rings. The van der Waals surface area contributed by atoms with E-state index in [0.29, 0.717) is 5.82 Å². The predicted octanol–water partition coefficient (Wildman–Crippen LogP) is 14.0. The summed E-state index contributed by atoms with van der Waals surface area (Å²) in [7, 11) is 0. The van der Waals surface area contributed by atoms with Gasteiger partial charge in [-0.25, -0.2) is 9.97 Å². The minimum absolute atomic E-state index is 0.655. The van der Waals surface area contributed by atoms with Gasteiger partial charge in [0.25, 0.3) is 0 Å². The second-order valence-electron chi connectivity index (χ2n) is 14.6. The fraction of sp³-hybridized carbons (Fsp3) is 0. The summed E-state index contributed by atoms with van der Waals surface area (Å²) in [6.07, 6.45) is 0. The zero-order valence-corrected chi connectivity index (χ0v) is 30.6. The third-order valence-corrected chi connectivity index (χ3v) is 11.2. The molecule has 0 N–H and O–H groups in total. The maximum absolute atomic E-state index is 6.33. The van der Waals surface area contributed by atoms with Gasteiger partial charge in [0.05, 0.1) is 22.4 Å². The molecule has 57 heavy (non-hydrogen) atoms. The van der Waals surface area contributed by atoms with Crippen LogP contribution in [0.5, 0.6) is 0 Å². The molecule has 12 aromatic rings. The molecule has 0 saturated heterocycles. The topological polar surface area (TPSA) is 57.0 Å². The first kappa shape index (κ1) is 31.6. The lowest BCUT2D eigenvalue weighted by Gasteiger charge is -2.15. The van der Waals surface area contributed by atoms with E-state index in [1.54, 1.807) is 0 Å². The summed E-state index contributed by atoms with van der Waals surface area (Å²) in [5, 5.41) is 6.79. The smallest absolute Gasteiger partial charge is 0.160 e. The van der Waals surface area contributed by atoms with Crippen LogP contribution < -0.4 is 0 Å². The molecule has 0 aliphatic heterocycles. The normalized spacial score (nSPS) is 11.9. The van der Waals surface area contributed by atoms with Crippen LogP contribution in [0.2, 0.25) is 0 Å². The molecule has 0 aliphatic carbocycles. The van der Waals surface area contributed by atoms with Gasteiger partial charge in [0.2, 0.25) is 0 Å². The number of hydrogen-bond acceptors (Lipinski definition) is 4. The largest absolute Gasteiger partial charge is 0.456 e. The van der Waals surface area contributed by atoms with Gasteiger partial charge in [0.15, 0.2) is 5.82 Å². The van der Waals surface area contributed by atoms with E-state index in [0.717, 1.165) is 99.8 Å². The summed E-state index contributed by atoms with van der Waals surface area (Å²) in [6, 6.07) is 65.7. The van der Waals surface area contributed by atoms with Crippen LogP contribution in [0.3, 0.4) is 0 Å². The maximum atomic E-state index is 6.33. The second kappa shape index (κ2) is 12.4. The summed E-state index contributed by atoms with van der Waals surface area (Å²) in [5.41, 5.74) is 13.5. The van der Waals surface area contributed by atoms with Crippen LogP contribution >= 0.6 is 0 Å². The number of nitrogens with zero attached hydrogens (tertiary/aromatic N) is 3. The maximum Gasteiger partial charge on any atom is 0.160 e. The Kier molecular flexibility index (Phi) is 6.86. The van der Waals surface area contributed by atoms with Crippen molar-refractivity contribution in [1.29, 1.82) is 0 Å². The number of para-hydroxylation sites is 4. The van der Waals surface area contributed by atoms with Gasteiger partial charge in [-0.1, -0.05) is 115 Å². The van der Waals surface area contributed by atoms with E-state index >= 15 is 0 Å². The Morgan fingerprint density at radius 2 is 0.860 bits per heavy atom. The minimum atomic E-state index is 0.655. The van der Waals surface area contributed by atoms with E-state index in [1.165, 1.54) is 10.8 Å². The molecule has 0 spiro atoms. The lowest BCUT2D eigenvalue weighted by molar-refractivity contribution is 0.668. The zero-order valence-electron chi connectivity index (χ0n) is 30.6. The summed E-state index contributed by atoms with van der Waals surface area (Å²) >= 11 is 0. The van der Waals surface area contributed by atoms with E-state index < -0.39 is 0 Å². The standard InChI is InChI=1S/C52H31N3O2/c1-2-12-32(13-3-1)52-53-44(34-22-24-42-40-16-6-10-20-48(40)57-51(42)30-34)31-45(54-52)36-26-35(33-23-25-50-43(29-33)41-17-7-11-21-49(41)56-50)27-37(28-36)55-46-18-8-4-14-38(46)39-15-5-9-19-47(39)55/h1-31H. The van der Waals surface area contributed by atoms with E-state index in [4.69, 9.17) is 18.8 Å². The van der Waals surface area contributed by atoms with E-state index in [-0.39, 0.29) is 0 Å². The Morgan fingerprint density at radius 1 is 0.316 bits per heavy atom. The number of aromatic nitrogens is 3. The van der Waals surface area contributed by atoms with Crippen LogP contribution in [0.25, 0.3) is 116 Å². The molecular formula is C52H31N3O2. The van der Waals surface area contributed by atoms with E-state index in [1.807, 2.05) is 48.5 Å². The first-order valence-electron chi connectivity index (χ1n) is 19.1. The lowest BCUT2D eigenvalue weighted by Crippen LogP contribution is -1.99. The van der Waals surface area contributed by atoms with Gasteiger partial charge in [0.1, 0.15) is 22.3 Å². The van der Waals surface area contributed by atoms with Gasteiger partial charge in [-0.15, -0.1) is 0 Å². The minimum Gasteiger partial charge on any atom is -0.456 e. The van der Waals surface area contributed by atoms with Crippen LogP contribution in [-0.2, 0) is 0 Å². The highest BCUT2D eigenvalue weighted by Crippen LogP contribution is 2.39. The summed E-state index contributed by atoms with van der Waals surface area (Å²) in [5.74, 6) is 0.655. The van der Waals surface area contributed by atoms with Crippen molar-refractivity contribution in [2.45, 2.75) is 0 Å². The SMILES string of the molecule is c1ccc(-c2nc(-c3cc(-c4ccc5oc6ccccc6c5c4)cc(-n4c5ccccc5c5ccccc54)c3)cc(-c3ccc4c(c3)oc3ccccc34)n2)cc1. The van der Waals surface area contributed by atoms with Crippen molar-refractivity contribution in [3.05, 3.63) is 188 Å². The van der Waals surface area contributed by atoms with Crippen LogP contribution in [-0.4, -0.2) is 14.5 Å². The average molecular weight is 730 g/mol. The van der Waals surface area contributed by atoms with Gasteiger partial charge in [0, 0.05) is 54.7 Å². The molecule has 5 heteroatoms. The van der Waals surface area contributed by atoms with Crippen LogP contribution in [0.1, 0.15) is 0 Å². The lowest BCUT2D eigenvalue weighted by atomic mass is 9.97. The van der Waals surface area contributed by atoms with Gasteiger partial charge in [-0.2, -0.15) is 0 Å². The third-order valence-electron chi connectivity index (χ3n) is 11.2. The van der Waals surface area contributed by atoms with Crippen molar-refractivity contribution in [2.75, 3.05) is 0 Å². The van der Waals surface area contributed by atoms with Gasteiger partial charge in [-0.05, 0) is 83.9 Å². The fourth-order valence-electron chi connectivity index (χ4n) is 8.51. The highest BCUT2D eigenvalue weighted by Gasteiger charge is 2.18. The Bertz CT molecular complexity index is 3480. The zero-order chi connectivity index (χ0) is 37.5. The Balaban J connectivity index is 1.12. The molecule has 0 unspecified atom stereocenters. The summed E-state index contributed by atoms with van der Waals surface area (Å²) in [4.78, 5) is 10.5. The molecule has 4 heterocycles. The van der Waals surface area contributed by atoms with Crippen LogP contribution in [0, 0.1) is 0 Å². The van der Waals surface area contributed by atoms with Gasteiger partial charge < -0.3 is 13.4 Å². The molecule has 0 amide bonds. The third kappa shape index (κ3) is 5.10. The number of benzene rings is 8. The Hall–Kier alpha value is -7.76. The molecule has 8 aromatic carbocycles. The van der Waals surface area contributed by atoms with Crippen molar-refractivity contribution >= 4 is 65.7 Å². The van der Waals surface area contributed by atoms with Crippen molar-refractivity contribution in [1.82, 2.24) is 14.5 Å². The van der Waals surface area contributed by atoms with Crippen molar-refractivity contribution < 1.29 is 8.83 Å². The molecular weight excluding hydrogens is 699 g/mol. The predicted molar refractivity (Wildman–Crippen MR) is 233 cm³/mol.